The molecule has 0 saturated heterocycles. The Morgan fingerprint density at radius 3 is 2.60 bits per heavy atom. The minimum Gasteiger partial charge on any atom is -0.483 e. The first-order valence-corrected chi connectivity index (χ1v) is 9.04. The fraction of sp³-hybridized carbons (Fsp3) is 0.300. The molecule has 1 N–H and O–H groups in total. The van der Waals surface area contributed by atoms with Crippen molar-refractivity contribution in [1.29, 1.82) is 0 Å². The number of carbonyl (C=O) groups excluding carboxylic acids is 1. The molecule has 3 rings (SSSR count). The highest BCUT2D eigenvalue weighted by atomic mass is 32.1. The van der Waals surface area contributed by atoms with Crippen LogP contribution in [0, 0.1) is 34.6 Å². The molecule has 130 valence electrons. The summed E-state index contributed by atoms with van der Waals surface area (Å²) in [6, 6.07) is 8.18. The Bertz CT molecular complexity index is 960. The Morgan fingerprint density at radius 1 is 1.08 bits per heavy atom. The van der Waals surface area contributed by atoms with Crippen LogP contribution in [0.2, 0.25) is 0 Å². The van der Waals surface area contributed by atoms with Crippen LogP contribution in [0.15, 0.2) is 24.3 Å². The van der Waals surface area contributed by atoms with Gasteiger partial charge in [0.25, 0.3) is 5.91 Å². The van der Waals surface area contributed by atoms with Gasteiger partial charge in [-0.15, -0.1) is 0 Å². The minimum atomic E-state index is -0.202. The van der Waals surface area contributed by atoms with Crippen molar-refractivity contribution in [3.05, 3.63) is 52.1 Å². The molecular weight excluding hydrogens is 332 g/mol. The molecule has 1 amide bonds. The second-order valence-corrected chi connectivity index (χ2v) is 7.45. The predicted octanol–water partition coefficient (Wildman–Crippen LogP) is 4.86. The van der Waals surface area contributed by atoms with Gasteiger partial charge in [0.05, 0.1) is 10.2 Å². The van der Waals surface area contributed by atoms with E-state index in [2.05, 4.69) is 36.3 Å². The number of aromatic nitrogens is 1. The van der Waals surface area contributed by atoms with E-state index in [0.717, 1.165) is 38.2 Å². The second-order valence-electron chi connectivity index (χ2n) is 6.42. The molecular formula is C20H22N2O2S. The topological polar surface area (TPSA) is 51.2 Å². The molecule has 0 atom stereocenters. The number of benzene rings is 2. The minimum absolute atomic E-state index is 0.0301. The van der Waals surface area contributed by atoms with Crippen molar-refractivity contribution >= 4 is 32.6 Å². The molecule has 0 bridgehead atoms. The van der Waals surface area contributed by atoms with Crippen molar-refractivity contribution in [2.75, 3.05) is 11.9 Å². The highest BCUT2D eigenvalue weighted by Crippen LogP contribution is 2.29. The fourth-order valence-corrected chi connectivity index (χ4v) is 3.67. The van der Waals surface area contributed by atoms with Crippen molar-refractivity contribution in [3.63, 3.8) is 0 Å². The summed E-state index contributed by atoms with van der Waals surface area (Å²) in [6.45, 7) is 10.1. The summed E-state index contributed by atoms with van der Waals surface area (Å²) in [5.74, 6) is 0.551. The molecule has 1 heterocycles. The summed E-state index contributed by atoms with van der Waals surface area (Å²) >= 11 is 1.48. The maximum Gasteiger partial charge on any atom is 0.264 e. The Labute approximate surface area is 151 Å². The van der Waals surface area contributed by atoms with Crippen molar-refractivity contribution in [3.8, 4) is 5.75 Å². The summed E-state index contributed by atoms with van der Waals surface area (Å²) < 4.78 is 6.79. The van der Waals surface area contributed by atoms with Crippen LogP contribution in [0.4, 0.5) is 5.13 Å². The molecule has 0 radical (unpaired) electrons. The molecule has 0 saturated carbocycles. The lowest BCUT2D eigenvalue weighted by Gasteiger charge is -2.11. The number of amides is 1. The number of ether oxygens (including phenoxy) is 1. The summed E-state index contributed by atoms with van der Waals surface area (Å²) in [5.41, 5.74) is 6.64. The zero-order valence-electron chi connectivity index (χ0n) is 15.2. The Morgan fingerprint density at radius 2 is 1.84 bits per heavy atom. The summed E-state index contributed by atoms with van der Waals surface area (Å²) in [6.07, 6.45) is 0. The Kier molecular flexibility index (Phi) is 4.77. The monoisotopic (exact) mass is 354 g/mol. The number of fused-ring (bicyclic) bond motifs is 1. The number of anilines is 1. The molecule has 4 nitrogen and oxygen atoms in total. The van der Waals surface area contributed by atoms with Gasteiger partial charge in [-0.25, -0.2) is 4.98 Å². The zero-order valence-corrected chi connectivity index (χ0v) is 16.0. The smallest absolute Gasteiger partial charge is 0.264 e. The van der Waals surface area contributed by atoms with E-state index >= 15 is 0 Å². The maximum absolute atomic E-state index is 12.2. The molecule has 1 aromatic heterocycles. The van der Waals surface area contributed by atoms with Crippen LogP contribution >= 0.6 is 11.3 Å². The van der Waals surface area contributed by atoms with Gasteiger partial charge in [0.15, 0.2) is 11.7 Å². The highest BCUT2D eigenvalue weighted by molar-refractivity contribution is 7.22. The summed E-state index contributed by atoms with van der Waals surface area (Å²) in [7, 11) is 0. The Hall–Kier alpha value is -2.40. The van der Waals surface area contributed by atoms with Gasteiger partial charge in [0.1, 0.15) is 5.75 Å². The number of nitrogens with one attached hydrogen (secondary N) is 1. The van der Waals surface area contributed by atoms with Crippen LogP contribution < -0.4 is 10.1 Å². The van der Waals surface area contributed by atoms with Gasteiger partial charge in [0.2, 0.25) is 0 Å². The SMILES string of the molecule is Cc1cc(C)c(C)c(OCC(=O)Nc2nc3c(C)c(C)ccc3s2)c1. The van der Waals surface area contributed by atoms with E-state index in [9.17, 15) is 4.79 Å². The third kappa shape index (κ3) is 3.66. The van der Waals surface area contributed by atoms with E-state index in [1.807, 2.05) is 32.9 Å². The molecule has 0 aliphatic rings. The van der Waals surface area contributed by atoms with Crippen molar-refractivity contribution in [2.24, 2.45) is 0 Å². The lowest BCUT2D eigenvalue weighted by Crippen LogP contribution is -2.20. The first-order valence-electron chi connectivity index (χ1n) is 8.22. The number of carbonyl (C=O) groups is 1. The maximum atomic E-state index is 12.2. The van der Waals surface area contributed by atoms with Crippen molar-refractivity contribution in [2.45, 2.75) is 34.6 Å². The van der Waals surface area contributed by atoms with Crippen molar-refractivity contribution in [1.82, 2.24) is 4.98 Å². The van der Waals surface area contributed by atoms with Gasteiger partial charge in [-0.2, -0.15) is 0 Å². The molecule has 25 heavy (non-hydrogen) atoms. The van der Waals surface area contributed by atoms with Gasteiger partial charge in [-0.1, -0.05) is 23.5 Å². The van der Waals surface area contributed by atoms with Crippen molar-refractivity contribution < 1.29 is 9.53 Å². The number of aryl methyl sites for hydroxylation is 4. The Balaban J connectivity index is 1.70. The molecule has 0 spiro atoms. The number of rotatable bonds is 4. The van der Waals surface area contributed by atoms with Crippen LogP contribution in [-0.4, -0.2) is 17.5 Å². The van der Waals surface area contributed by atoms with E-state index in [1.54, 1.807) is 0 Å². The molecule has 0 unspecified atom stereocenters. The molecule has 0 aliphatic carbocycles. The van der Waals surface area contributed by atoms with Gasteiger partial charge >= 0.3 is 0 Å². The van der Waals surface area contributed by atoms with Gasteiger partial charge in [-0.3, -0.25) is 10.1 Å². The largest absolute Gasteiger partial charge is 0.483 e. The summed E-state index contributed by atoms with van der Waals surface area (Å²) in [4.78, 5) is 16.8. The van der Waals surface area contributed by atoms with Crippen LogP contribution in [0.5, 0.6) is 5.75 Å². The fourth-order valence-electron chi connectivity index (χ4n) is 2.73. The molecule has 5 heteroatoms. The average Bonchev–Trinajstić information content (AvgIpc) is 2.96. The highest BCUT2D eigenvalue weighted by Gasteiger charge is 2.12. The number of thiazole rings is 1. The van der Waals surface area contributed by atoms with E-state index in [-0.39, 0.29) is 12.5 Å². The van der Waals surface area contributed by atoms with Gasteiger partial charge in [-0.05, 0) is 74.6 Å². The van der Waals surface area contributed by atoms with Gasteiger partial charge < -0.3 is 4.74 Å². The van der Waals surface area contributed by atoms with Crippen LogP contribution in [0.1, 0.15) is 27.8 Å². The van der Waals surface area contributed by atoms with Gasteiger partial charge in [0, 0.05) is 0 Å². The molecule has 2 aromatic carbocycles. The van der Waals surface area contributed by atoms with Crippen LogP contribution in [0.3, 0.4) is 0 Å². The second kappa shape index (κ2) is 6.84. The first-order chi connectivity index (χ1) is 11.8. The third-order valence-corrected chi connectivity index (χ3v) is 5.39. The molecule has 0 aliphatic heterocycles. The first kappa shape index (κ1) is 17.4. The lowest BCUT2D eigenvalue weighted by molar-refractivity contribution is -0.118. The van der Waals surface area contributed by atoms with E-state index < -0.39 is 0 Å². The van der Waals surface area contributed by atoms with E-state index in [1.165, 1.54) is 16.9 Å². The molecule has 0 fully saturated rings. The molecule has 3 aromatic rings. The average molecular weight is 354 g/mol. The van der Waals surface area contributed by atoms with E-state index in [4.69, 9.17) is 4.74 Å². The number of hydrogen-bond acceptors (Lipinski definition) is 4. The number of hydrogen-bond donors (Lipinski definition) is 1. The number of nitrogens with zero attached hydrogens (tertiary/aromatic N) is 1. The van der Waals surface area contributed by atoms with Crippen LogP contribution in [-0.2, 0) is 4.79 Å². The van der Waals surface area contributed by atoms with Crippen LogP contribution in [0.25, 0.3) is 10.2 Å². The third-order valence-electron chi connectivity index (χ3n) is 4.45. The predicted molar refractivity (Wildman–Crippen MR) is 104 cm³/mol. The lowest BCUT2D eigenvalue weighted by atomic mass is 10.1. The zero-order chi connectivity index (χ0) is 18.1. The van der Waals surface area contributed by atoms with E-state index in [0.29, 0.717) is 5.13 Å². The summed E-state index contributed by atoms with van der Waals surface area (Å²) in [5, 5.41) is 3.45. The quantitative estimate of drug-likeness (QED) is 0.728. The standard InChI is InChI=1S/C20H22N2O2S/c1-11-8-13(3)14(4)16(9-11)24-10-18(23)21-20-22-19-15(5)12(2)6-7-17(19)25-20/h6-9H,10H2,1-5H3,(H,21,22,23). The normalized spacial score (nSPS) is 10.9.